The molecular formula is C13H25N5. The minimum Gasteiger partial charge on any atom is -0.320 e. The zero-order valence-electron chi connectivity index (χ0n) is 11.5. The van der Waals surface area contributed by atoms with Crippen molar-refractivity contribution in [3.8, 4) is 0 Å². The number of hydrogen-bond acceptors (Lipinski definition) is 4. The number of nitrogens with zero attached hydrogens (tertiary/aromatic N) is 3. The van der Waals surface area contributed by atoms with Gasteiger partial charge in [0.05, 0.1) is 6.54 Å². The number of rotatable bonds is 5. The first-order chi connectivity index (χ1) is 8.75. The van der Waals surface area contributed by atoms with Gasteiger partial charge in [0, 0.05) is 19.1 Å². The Hall–Kier alpha value is -0.940. The third kappa shape index (κ3) is 4.07. The molecule has 0 bridgehead atoms. The molecule has 2 N–H and O–H groups in total. The molecule has 1 aromatic heterocycles. The van der Waals surface area contributed by atoms with Crippen LogP contribution in [0.15, 0.2) is 6.33 Å². The second-order valence-electron chi connectivity index (χ2n) is 5.38. The quantitative estimate of drug-likeness (QED) is 0.826. The second-order valence-corrected chi connectivity index (χ2v) is 5.38. The van der Waals surface area contributed by atoms with Gasteiger partial charge in [-0.15, -0.1) is 10.2 Å². The van der Waals surface area contributed by atoms with E-state index in [1.54, 1.807) is 6.33 Å². The molecule has 0 radical (unpaired) electrons. The molecule has 102 valence electrons. The molecule has 2 rings (SSSR count). The summed E-state index contributed by atoms with van der Waals surface area (Å²) in [5.74, 6) is 0.996. The fourth-order valence-electron chi connectivity index (χ4n) is 2.54. The molecule has 2 unspecified atom stereocenters. The van der Waals surface area contributed by atoms with Crippen LogP contribution in [0.3, 0.4) is 0 Å². The van der Waals surface area contributed by atoms with E-state index in [0.29, 0.717) is 12.1 Å². The summed E-state index contributed by atoms with van der Waals surface area (Å²) in [7, 11) is 1.98. The fourth-order valence-corrected chi connectivity index (χ4v) is 2.54. The number of hydrogen-bond donors (Lipinski definition) is 2. The van der Waals surface area contributed by atoms with Gasteiger partial charge in [-0.3, -0.25) is 0 Å². The molecule has 0 amide bonds. The first kappa shape index (κ1) is 13.5. The largest absolute Gasteiger partial charge is 0.320 e. The predicted molar refractivity (Wildman–Crippen MR) is 72.2 cm³/mol. The number of aromatic nitrogens is 3. The highest BCUT2D eigenvalue weighted by Gasteiger charge is 2.14. The Labute approximate surface area is 109 Å². The highest BCUT2D eigenvalue weighted by Crippen LogP contribution is 2.12. The minimum absolute atomic E-state index is 0.511. The first-order valence-corrected chi connectivity index (χ1v) is 7.05. The van der Waals surface area contributed by atoms with Gasteiger partial charge in [-0.25, -0.2) is 0 Å². The van der Waals surface area contributed by atoms with Crippen LogP contribution in [0.2, 0.25) is 0 Å². The van der Waals surface area contributed by atoms with Crippen LogP contribution in [-0.4, -0.2) is 33.4 Å². The first-order valence-electron chi connectivity index (χ1n) is 7.05. The average molecular weight is 251 g/mol. The van der Waals surface area contributed by atoms with E-state index < -0.39 is 0 Å². The van der Waals surface area contributed by atoms with Gasteiger partial charge in [-0.05, 0) is 32.7 Å². The van der Waals surface area contributed by atoms with Gasteiger partial charge in [0.1, 0.15) is 12.2 Å². The van der Waals surface area contributed by atoms with E-state index in [0.717, 1.165) is 12.4 Å². The molecule has 0 spiro atoms. The molecule has 1 aromatic rings. The van der Waals surface area contributed by atoms with E-state index in [1.165, 1.54) is 38.6 Å². The van der Waals surface area contributed by atoms with Gasteiger partial charge in [0.2, 0.25) is 0 Å². The van der Waals surface area contributed by atoms with E-state index in [2.05, 4.69) is 27.8 Å². The molecule has 2 atom stereocenters. The lowest BCUT2D eigenvalue weighted by molar-refractivity contribution is 0.398. The Morgan fingerprint density at radius 1 is 1.50 bits per heavy atom. The molecule has 0 aromatic carbocycles. The highest BCUT2D eigenvalue weighted by molar-refractivity contribution is 4.85. The van der Waals surface area contributed by atoms with Crippen LogP contribution in [0.25, 0.3) is 0 Å². The molecule has 5 nitrogen and oxygen atoms in total. The van der Waals surface area contributed by atoms with Crippen LogP contribution in [-0.2, 0) is 13.6 Å². The number of aryl methyl sites for hydroxylation is 1. The summed E-state index contributed by atoms with van der Waals surface area (Å²) in [5.41, 5.74) is 0. The minimum atomic E-state index is 0.511. The van der Waals surface area contributed by atoms with E-state index >= 15 is 0 Å². The van der Waals surface area contributed by atoms with Crippen molar-refractivity contribution in [1.29, 1.82) is 0 Å². The van der Waals surface area contributed by atoms with Crippen LogP contribution < -0.4 is 10.6 Å². The topological polar surface area (TPSA) is 54.8 Å². The fraction of sp³-hybridized carbons (Fsp3) is 0.846. The Kier molecular flexibility index (Phi) is 5.13. The molecule has 0 saturated carbocycles. The standard InChI is InChI=1S/C13H25N5/c1-11(8-12-6-4-3-5-7-14-12)15-9-13-17-16-10-18(13)2/h10-12,14-15H,3-9H2,1-2H3. The molecular weight excluding hydrogens is 226 g/mol. The third-order valence-electron chi connectivity index (χ3n) is 3.71. The molecule has 18 heavy (non-hydrogen) atoms. The third-order valence-corrected chi connectivity index (χ3v) is 3.71. The smallest absolute Gasteiger partial charge is 0.146 e. The summed E-state index contributed by atoms with van der Waals surface area (Å²) >= 11 is 0. The lowest BCUT2D eigenvalue weighted by Crippen LogP contribution is -2.36. The van der Waals surface area contributed by atoms with Crippen LogP contribution in [0.5, 0.6) is 0 Å². The maximum atomic E-state index is 4.08. The summed E-state index contributed by atoms with van der Waals surface area (Å²) in [6, 6.07) is 1.19. The molecule has 1 fully saturated rings. The summed E-state index contributed by atoms with van der Waals surface area (Å²) in [6.07, 6.45) is 8.33. The average Bonchev–Trinajstić information content (AvgIpc) is 2.61. The maximum Gasteiger partial charge on any atom is 0.146 e. The van der Waals surface area contributed by atoms with Crippen molar-refractivity contribution in [2.75, 3.05) is 6.54 Å². The summed E-state index contributed by atoms with van der Waals surface area (Å²) in [4.78, 5) is 0. The van der Waals surface area contributed by atoms with Crippen LogP contribution in [0.1, 0.15) is 44.9 Å². The van der Waals surface area contributed by atoms with Crippen molar-refractivity contribution >= 4 is 0 Å². The molecule has 1 aliphatic heterocycles. The van der Waals surface area contributed by atoms with E-state index in [4.69, 9.17) is 0 Å². The lowest BCUT2D eigenvalue weighted by Gasteiger charge is -2.21. The molecule has 1 saturated heterocycles. The van der Waals surface area contributed by atoms with Crippen molar-refractivity contribution in [2.45, 2.75) is 57.7 Å². The van der Waals surface area contributed by atoms with Crippen molar-refractivity contribution in [3.63, 3.8) is 0 Å². The summed E-state index contributed by atoms with van der Waals surface area (Å²) in [6.45, 7) is 4.23. The molecule has 2 heterocycles. The van der Waals surface area contributed by atoms with Gasteiger partial charge < -0.3 is 15.2 Å². The van der Waals surface area contributed by atoms with E-state index in [9.17, 15) is 0 Å². The van der Waals surface area contributed by atoms with Gasteiger partial charge in [-0.2, -0.15) is 0 Å². The zero-order valence-corrected chi connectivity index (χ0v) is 11.5. The van der Waals surface area contributed by atoms with Crippen molar-refractivity contribution < 1.29 is 0 Å². The summed E-state index contributed by atoms with van der Waals surface area (Å²) in [5, 5.41) is 15.1. The van der Waals surface area contributed by atoms with Crippen LogP contribution >= 0.6 is 0 Å². The molecule has 5 heteroatoms. The van der Waals surface area contributed by atoms with E-state index in [-0.39, 0.29) is 0 Å². The molecule has 0 aliphatic carbocycles. The van der Waals surface area contributed by atoms with Crippen molar-refractivity contribution in [2.24, 2.45) is 7.05 Å². The van der Waals surface area contributed by atoms with Gasteiger partial charge >= 0.3 is 0 Å². The lowest BCUT2D eigenvalue weighted by atomic mass is 10.0. The summed E-state index contributed by atoms with van der Waals surface area (Å²) < 4.78 is 1.96. The normalized spacial score (nSPS) is 22.7. The number of nitrogens with one attached hydrogen (secondary N) is 2. The van der Waals surface area contributed by atoms with Gasteiger partial charge in [0.25, 0.3) is 0 Å². The Balaban J connectivity index is 1.71. The Bertz CT molecular complexity index is 341. The Morgan fingerprint density at radius 2 is 2.39 bits per heavy atom. The van der Waals surface area contributed by atoms with Gasteiger partial charge in [0.15, 0.2) is 0 Å². The molecule has 1 aliphatic rings. The van der Waals surface area contributed by atoms with Crippen molar-refractivity contribution in [1.82, 2.24) is 25.4 Å². The Morgan fingerprint density at radius 3 is 3.17 bits per heavy atom. The highest BCUT2D eigenvalue weighted by atomic mass is 15.3. The van der Waals surface area contributed by atoms with E-state index in [1.807, 2.05) is 11.6 Å². The van der Waals surface area contributed by atoms with Crippen LogP contribution in [0, 0.1) is 0 Å². The van der Waals surface area contributed by atoms with Gasteiger partial charge in [-0.1, -0.05) is 12.8 Å². The second kappa shape index (κ2) is 6.85. The maximum absolute atomic E-state index is 4.08. The monoisotopic (exact) mass is 251 g/mol. The van der Waals surface area contributed by atoms with Crippen LogP contribution in [0.4, 0.5) is 0 Å². The van der Waals surface area contributed by atoms with Crippen molar-refractivity contribution in [3.05, 3.63) is 12.2 Å². The zero-order chi connectivity index (χ0) is 12.8. The predicted octanol–water partition coefficient (Wildman–Crippen LogP) is 1.22. The SMILES string of the molecule is CC(CC1CCCCCN1)NCc1nncn1C.